The van der Waals surface area contributed by atoms with E-state index in [1.807, 2.05) is 0 Å². The lowest BCUT2D eigenvalue weighted by Gasteiger charge is -2.06. The molecule has 0 saturated heterocycles. The van der Waals surface area contributed by atoms with Crippen LogP contribution in [0.2, 0.25) is 0 Å². The van der Waals surface area contributed by atoms with Crippen molar-refractivity contribution in [1.29, 1.82) is 0 Å². The Morgan fingerprint density at radius 3 is 1.93 bits per heavy atom. The van der Waals surface area contributed by atoms with E-state index in [1.165, 1.54) is 21.5 Å². The van der Waals surface area contributed by atoms with E-state index in [0.29, 0.717) is 11.5 Å². The Morgan fingerprint density at radius 2 is 1.32 bits per heavy atom. The number of aryl methyl sites for hydroxylation is 3. The number of esters is 1. The second kappa shape index (κ2) is 13.2. The third-order valence-electron chi connectivity index (χ3n) is 5.43. The molecular weight excluding hydrogens is 524 g/mol. The van der Waals surface area contributed by atoms with Crippen LogP contribution < -0.4 is 27.0 Å². The summed E-state index contributed by atoms with van der Waals surface area (Å²) < 4.78 is 9.40. The van der Waals surface area contributed by atoms with Gasteiger partial charge in [-0.05, 0) is 6.92 Å². The predicted molar refractivity (Wildman–Crippen MR) is 145 cm³/mol. The molecule has 214 valence electrons. The number of amides is 4. The summed E-state index contributed by atoms with van der Waals surface area (Å²) in [6.07, 6.45) is 4.44. The summed E-state index contributed by atoms with van der Waals surface area (Å²) in [5, 5.41) is 10.5. The van der Waals surface area contributed by atoms with Crippen LogP contribution in [0.5, 0.6) is 0 Å². The summed E-state index contributed by atoms with van der Waals surface area (Å²) in [4.78, 5) is 69.2. The van der Waals surface area contributed by atoms with E-state index in [0.717, 1.165) is 0 Å². The zero-order valence-electron chi connectivity index (χ0n) is 22.6. The Labute approximate surface area is 229 Å². The molecule has 0 aliphatic heterocycles. The lowest BCUT2D eigenvalue weighted by atomic mass is 10.3. The maximum atomic E-state index is 12.7. The van der Waals surface area contributed by atoms with Gasteiger partial charge >= 0.3 is 5.97 Å². The van der Waals surface area contributed by atoms with Gasteiger partial charge in [0.15, 0.2) is 11.6 Å². The van der Waals surface area contributed by atoms with Crippen LogP contribution in [0.15, 0.2) is 24.7 Å². The van der Waals surface area contributed by atoms with Crippen molar-refractivity contribution in [1.82, 2.24) is 23.7 Å². The standard InChI is InChI=1S/C24H32N10O6/c1-5-40-24(39)22-30-16(13-34(22)4)27-18(35)6-7-19(36)31-17-10-14(11-32(17)2)26-23(38)21-29-15(12-33(21)3)28-20(37)8-9-25/h10-13H,5-9,25H2,1-4H3,(H,26,38)(H,27,35)(H,28,37)(H,31,36). The molecule has 0 aromatic carbocycles. The first-order chi connectivity index (χ1) is 19.0. The lowest BCUT2D eigenvalue weighted by Crippen LogP contribution is -2.18. The Morgan fingerprint density at radius 1 is 0.775 bits per heavy atom. The van der Waals surface area contributed by atoms with Gasteiger partial charge in [0.05, 0.1) is 12.3 Å². The quantitative estimate of drug-likeness (QED) is 0.197. The molecule has 40 heavy (non-hydrogen) atoms. The van der Waals surface area contributed by atoms with Crippen LogP contribution >= 0.6 is 0 Å². The SMILES string of the molecule is CCOC(=O)c1nc(NC(=O)CCC(=O)Nc2cc(NC(=O)c3nc(NC(=O)CCN)cn3C)cn2C)cn1C. The highest BCUT2D eigenvalue weighted by Gasteiger charge is 2.19. The fourth-order valence-electron chi connectivity index (χ4n) is 3.57. The minimum absolute atomic E-state index is 0.0409. The molecule has 6 N–H and O–H groups in total. The number of ether oxygens (including phenoxy) is 1. The Hall–Kier alpha value is -4.99. The topological polar surface area (TPSA) is 209 Å². The Bertz CT molecular complexity index is 1420. The molecular formula is C24H32N10O6. The molecule has 0 aliphatic rings. The fraction of sp³-hybridized carbons (Fsp3) is 0.375. The molecule has 0 unspecified atom stereocenters. The Kier molecular flexibility index (Phi) is 9.75. The summed E-state index contributed by atoms with van der Waals surface area (Å²) in [5.74, 6) is -1.46. The molecule has 16 heteroatoms. The largest absolute Gasteiger partial charge is 0.460 e. The van der Waals surface area contributed by atoms with Crippen molar-refractivity contribution in [2.24, 2.45) is 26.9 Å². The van der Waals surface area contributed by atoms with Crippen LogP contribution in [0.4, 0.5) is 23.1 Å². The highest BCUT2D eigenvalue weighted by atomic mass is 16.5. The second-order valence-electron chi connectivity index (χ2n) is 8.70. The molecule has 0 bridgehead atoms. The number of carbonyl (C=O) groups excluding carboxylic acids is 5. The molecule has 0 radical (unpaired) electrons. The third-order valence-corrected chi connectivity index (χ3v) is 5.43. The monoisotopic (exact) mass is 556 g/mol. The van der Waals surface area contributed by atoms with Crippen molar-refractivity contribution in [3.8, 4) is 0 Å². The van der Waals surface area contributed by atoms with E-state index < -0.39 is 23.7 Å². The summed E-state index contributed by atoms with van der Waals surface area (Å²) in [6.45, 7) is 2.06. The first kappa shape index (κ1) is 29.6. The summed E-state index contributed by atoms with van der Waals surface area (Å²) in [6, 6.07) is 1.55. The molecule has 0 saturated carbocycles. The van der Waals surface area contributed by atoms with Gasteiger partial charge < -0.3 is 45.4 Å². The van der Waals surface area contributed by atoms with Gasteiger partial charge in [-0.2, -0.15) is 0 Å². The van der Waals surface area contributed by atoms with Crippen LogP contribution in [-0.4, -0.2) is 66.4 Å². The molecule has 0 fully saturated rings. The van der Waals surface area contributed by atoms with Crippen LogP contribution in [0.3, 0.4) is 0 Å². The number of anilines is 4. The van der Waals surface area contributed by atoms with E-state index in [9.17, 15) is 24.0 Å². The van der Waals surface area contributed by atoms with Crippen LogP contribution in [0.1, 0.15) is 47.4 Å². The first-order valence-electron chi connectivity index (χ1n) is 12.3. The number of nitrogens with two attached hydrogens (primary N) is 1. The van der Waals surface area contributed by atoms with Gasteiger partial charge in [0.1, 0.15) is 5.82 Å². The maximum Gasteiger partial charge on any atom is 0.374 e. The van der Waals surface area contributed by atoms with Crippen LogP contribution in [0, 0.1) is 0 Å². The molecule has 3 heterocycles. The number of carbonyl (C=O) groups is 5. The van der Waals surface area contributed by atoms with Gasteiger partial charge in [-0.15, -0.1) is 0 Å². The number of nitrogens with zero attached hydrogens (tertiary/aromatic N) is 5. The normalized spacial score (nSPS) is 10.6. The number of rotatable bonds is 12. The summed E-state index contributed by atoms with van der Waals surface area (Å²) in [5.41, 5.74) is 5.76. The number of imidazole rings is 2. The minimum atomic E-state index is -0.612. The summed E-state index contributed by atoms with van der Waals surface area (Å²) in [7, 11) is 4.88. The average molecular weight is 557 g/mol. The molecule has 0 aliphatic carbocycles. The van der Waals surface area contributed by atoms with Crippen molar-refractivity contribution in [2.75, 3.05) is 34.4 Å². The predicted octanol–water partition coefficient (Wildman–Crippen LogP) is 0.566. The Balaban J connectivity index is 1.51. The van der Waals surface area contributed by atoms with Crippen molar-refractivity contribution in [3.63, 3.8) is 0 Å². The molecule has 3 aromatic rings. The fourth-order valence-corrected chi connectivity index (χ4v) is 3.57. The lowest BCUT2D eigenvalue weighted by molar-refractivity contribution is -0.121. The van der Waals surface area contributed by atoms with Gasteiger partial charge in [-0.3, -0.25) is 19.2 Å². The number of hydrogen-bond acceptors (Lipinski definition) is 9. The van der Waals surface area contributed by atoms with Gasteiger partial charge in [0, 0.05) is 71.6 Å². The van der Waals surface area contributed by atoms with Gasteiger partial charge in [0.25, 0.3) is 5.91 Å². The number of aromatic nitrogens is 5. The van der Waals surface area contributed by atoms with Crippen molar-refractivity contribution < 1.29 is 28.7 Å². The average Bonchev–Trinajstić information content (AvgIpc) is 3.54. The zero-order valence-corrected chi connectivity index (χ0v) is 22.6. The van der Waals surface area contributed by atoms with E-state index in [1.54, 1.807) is 44.9 Å². The third kappa shape index (κ3) is 7.76. The summed E-state index contributed by atoms with van der Waals surface area (Å²) >= 11 is 0. The zero-order chi connectivity index (χ0) is 29.4. The molecule has 3 rings (SSSR count). The number of hydrogen-bond donors (Lipinski definition) is 5. The second-order valence-corrected chi connectivity index (χ2v) is 8.70. The van der Waals surface area contributed by atoms with Gasteiger partial charge in [-0.25, -0.2) is 14.8 Å². The van der Waals surface area contributed by atoms with Crippen molar-refractivity contribution in [2.45, 2.75) is 26.2 Å². The van der Waals surface area contributed by atoms with E-state index in [4.69, 9.17) is 10.5 Å². The molecule has 4 amide bonds. The molecule has 0 atom stereocenters. The minimum Gasteiger partial charge on any atom is -0.460 e. The van der Waals surface area contributed by atoms with Gasteiger partial charge in [0.2, 0.25) is 29.4 Å². The van der Waals surface area contributed by atoms with E-state index >= 15 is 0 Å². The molecule has 3 aromatic heterocycles. The highest BCUT2D eigenvalue weighted by molar-refractivity contribution is 6.03. The van der Waals surface area contributed by atoms with Crippen molar-refractivity contribution >= 4 is 52.7 Å². The first-order valence-corrected chi connectivity index (χ1v) is 12.3. The molecule has 16 nitrogen and oxygen atoms in total. The van der Waals surface area contributed by atoms with E-state index in [-0.39, 0.29) is 61.6 Å². The van der Waals surface area contributed by atoms with E-state index in [2.05, 4.69) is 31.2 Å². The highest BCUT2D eigenvalue weighted by Crippen LogP contribution is 2.19. The number of nitrogens with one attached hydrogen (secondary N) is 4. The van der Waals surface area contributed by atoms with Gasteiger partial charge in [-0.1, -0.05) is 0 Å². The maximum absolute atomic E-state index is 12.7. The smallest absolute Gasteiger partial charge is 0.374 e. The van der Waals surface area contributed by atoms with Crippen LogP contribution in [-0.2, 0) is 40.3 Å². The van der Waals surface area contributed by atoms with Crippen molar-refractivity contribution in [3.05, 3.63) is 36.3 Å². The van der Waals surface area contributed by atoms with Crippen LogP contribution in [0.25, 0.3) is 0 Å². The molecule has 0 spiro atoms.